The summed E-state index contributed by atoms with van der Waals surface area (Å²) >= 11 is 0. The first kappa shape index (κ1) is 14.2. The molecule has 1 heterocycles. The van der Waals surface area contributed by atoms with Gasteiger partial charge in [-0.2, -0.15) is 0 Å². The van der Waals surface area contributed by atoms with Crippen molar-refractivity contribution >= 4 is 5.97 Å². The predicted octanol–water partition coefficient (Wildman–Crippen LogP) is 2.65. The van der Waals surface area contributed by atoms with Crippen molar-refractivity contribution in [3.05, 3.63) is 83.2 Å². The number of hydrogen-bond donors (Lipinski definition) is 3. The van der Waals surface area contributed by atoms with Crippen molar-refractivity contribution in [3.63, 3.8) is 0 Å². The summed E-state index contributed by atoms with van der Waals surface area (Å²) in [6.45, 7) is 1.78. The summed E-state index contributed by atoms with van der Waals surface area (Å²) in [5.74, 6) is -0.915. The Hall–Kier alpha value is -2.75. The Kier molecular flexibility index (Phi) is 3.83. The smallest absolute Gasteiger partial charge is 0.353 e. The summed E-state index contributed by atoms with van der Waals surface area (Å²) in [5.41, 5.74) is 3.17. The van der Waals surface area contributed by atoms with E-state index >= 15 is 0 Å². The van der Waals surface area contributed by atoms with Crippen LogP contribution in [0.25, 0.3) is 0 Å². The zero-order chi connectivity index (χ0) is 15.5. The van der Waals surface area contributed by atoms with Gasteiger partial charge in [-0.05, 0) is 18.1 Å². The van der Waals surface area contributed by atoms with Crippen LogP contribution in [0.5, 0.6) is 0 Å². The maximum atomic E-state index is 11.3. The van der Waals surface area contributed by atoms with Crippen LogP contribution in [-0.2, 0) is 4.79 Å². The third kappa shape index (κ3) is 2.68. The van der Waals surface area contributed by atoms with Crippen LogP contribution in [0, 0.1) is 0 Å². The number of carbonyl (C=O) groups is 1. The van der Waals surface area contributed by atoms with Crippen LogP contribution < -0.4 is 10.6 Å². The number of hydrogen-bond acceptors (Lipinski definition) is 3. The van der Waals surface area contributed by atoms with Gasteiger partial charge in [0.1, 0.15) is 11.9 Å². The fourth-order valence-corrected chi connectivity index (χ4v) is 2.89. The van der Waals surface area contributed by atoms with Crippen LogP contribution in [0.4, 0.5) is 0 Å². The molecule has 3 rings (SSSR count). The van der Waals surface area contributed by atoms with E-state index in [1.165, 1.54) is 0 Å². The van der Waals surface area contributed by atoms with E-state index in [0.717, 1.165) is 11.1 Å². The minimum atomic E-state index is -0.938. The molecule has 0 radical (unpaired) electrons. The minimum absolute atomic E-state index is 0.0224. The number of allylic oxidation sites excluding steroid dienone is 1. The first-order valence-corrected chi connectivity index (χ1v) is 7.24. The molecule has 112 valence electrons. The Morgan fingerprint density at radius 1 is 0.955 bits per heavy atom. The first-order valence-electron chi connectivity index (χ1n) is 7.24. The van der Waals surface area contributed by atoms with Gasteiger partial charge in [-0.15, -0.1) is 0 Å². The van der Waals surface area contributed by atoms with E-state index < -0.39 is 5.97 Å². The number of nitrogens with one attached hydrogen (secondary N) is 2. The van der Waals surface area contributed by atoms with Crippen LogP contribution in [0.15, 0.2) is 72.1 Å². The molecule has 4 nitrogen and oxygen atoms in total. The molecule has 1 atom stereocenters. The standard InChI is InChI=1S/C18H18N2O2/c1-12-16(18(21)22)20-17(19-12)15(13-8-4-2-5-9-13)14-10-6-3-7-11-14/h2-11,15,17,19-20H,1H3,(H,21,22). The molecular formula is C18H18N2O2. The van der Waals surface area contributed by atoms with Crippen molar-refractivity contribution in [1.29, 1.82) is 0 Å². The van der Waals surface area contributed by atoms with Crippen LogP contribution >= 0.6 is 0 Å². The normalized spacial score (nSPS) is 17.3. The van der Waals surface area contributed by atoms with E-state index in [1.54, 1.807) is 6.92 Å². The lowest BCUT2D eigenvalue weighted by Crippen LogP contribution is -2.40. The Balaban J connectivity index is 1.97. The molecule has 1 unspecified atom stereocenters. The molecule has 0 aliphatic carbocycles. The maximum absolute atomic E-state index is 11.3. The number of carboxylic acid groups (broad SMARTS) is 1. The lowest BCUT2D eigenvalue weighted by molar-refractivity contribution is -0.133. The topological polar surface area (TPSA) is 61.4 Å². The highest BCUT2D eigenvalue weighted by atomic mass is 16.4. The molecule has 22 heavy (non-hydrogen) atoms. The van der Waals surface area contributed by atoms with Gasteiger partial charge in [-0.25, -0.2) is 4.79 Å². The van der Waals surface area contributed by atoms with E-state index in [1.807, 2.05) is 36.4 Å². The molecule has 0 saturated carbocycles. The number of aliphatic carboxylic acids is 1. The van der Waals surface area contributed by atoms with Crippen LogP contribution in [0.2, 0.25) is 0 Å². The lowest BCUT2D eigenvalue weighted by Gasteiger charge is -2.26. The maximum Gasteiger partial charge on any atom is 0.353 e. The summed E-state index contributed by atoms with van der Waals surface area (Å²) in [7, 11) is 0. The second-order valence-electron chi connectivity index (χ2n) is 5.37. The zero-order valence-corrected chi connectivity index (χ0v) is 12.3. The van der Waals surface area contributed by atoms with Crippen LogP contribution in [0.1, 0.15) is 24.0 Å². The third-order valence-electron chi connectivity index (χ3n) is 3.91. The highest BCUT2D eigenvalue weighted by molar-refractivity contribution is 5.87. The van der Waals surface area contributed by atoms with Crippen molar-refractivity contribution in [2.24, 2.45) is 0 Å². The van der Waals surface area contributed by atoms with Gasteiger partial charge in [0.25, 0.3) is 0 Å². The van der Waals surface area contributed by atoms with Gasteiger partial charge >= 0.3 is 5.97 Å². The highest BCUT2D eigenvalue weighted by Crippen LogP contribution is 2.30. The second-order valence-corrected chi connectivity index (χ2v) is 5.37. The molecule has 3 N–H and O–H groups in total. The average Bonchev–Trinajstić information content (AvgIpc) is 2.91. The summed E-state index contributed by atoms with van der Waals surface area (Å²) in [4.78, 5) is 11.3. The van der Waals surface area contributed by atoms with Crippen molar-refractivity contribution in [2.75, 3.05) is 0 Å². The van der Waals surface area contributed by atoms with Crippen molar-refractivity contribution in [3.8, 4) is 0 Å². The molecule has 2 aromatic carbocycles. The van der Waals surface area contributed by atoms with Gasteiger partial charge in [0.2, 0.25) is 0 Å². The van der Waals surface area contributed by atoms with E-state index in [-0.39, 0.29) is 17.8 Å². The fourth-order valence-electron chi connectivity index (χ4n) is 2.89. The molecular weight excluding hydrogens is 276 g/mol. The Labute approximate surface area is 129 Å². The summed E-state index contributed by atoms with van der Waals surface area (Å²) in [5, 5.41) is 15.6. The van der Waals surface area contributed by atoms with Crippen LogP contribution in [-0.4, -0.2) is 17.2 Å². The van der Waals surface area contributed by atoms with Gasteiger partial charge in [0, 0.05) is 11.6 Å². The Morgan fingerprint density at radius 2 is 1.45 bits per heavy atom. The van der Waals surface area contributed by atoms with Gasteiger partial charge in [0.05, 0.1) is 0 Å². The Morgan fingerprint density at radius 3 is 1.86 bits per heavy atom. The summed E-state index contributed by atoms with van der Waals surface area (Å²) in [6, 6.07) is 20.2. The predicted molar refractivity (Wildman–Crippen MR) is 85.1 cm³/mol. The fraction of sp³-hybridized carbons (Fsp3) is 0.167. The lowest BCUT2D eigenvalue weighted by atomic mass is 9.88. The molecule has 0 amide bonds. The third-order valence-corrected chi connectivity index (χ3v) is 3.91. The molecule has 4 heteroatoms. The largest absolute Gasteiger partial charge is 0.477 e. The molecule has 0 saturated heterocycles. The SMILES string of the molecule is CC1=C(C(=O)O)NC(C(c2ccccc2)c2ccccc2)N1. The zero-order valence-electron chi connectivity index (χ0n) is 12.3. The number of benzene rings is 2. The van der Waals surface area contributed by atoms with Crippen LogP contribution in [0.3, 0.4) is 0 Å². The highest BCUT2D eigenvalue weighted by Gasteiger charge is 2.32. The molecule has 0 fully saturated rings. The Bertz CT molecular complexity index is 656. The summed E-state index contributed by atoms with van der Waals surface area (Å²) < 4.78 is 0. The molecule has 1 aliphatic rings. The first-order chi connectivity index (χ1) is 10.7. The van der Waals surface area contributed by atoms with E-state index in [2.05, 4.69) is 34.9 Å². The van der Waals surface area contributed by atoms with Gasteiger partial charge in [0.15, 0.2) is 0 Å². The van der Waals surface area contributed by atoms with Gasteiger partial charge in [-0.3, -0.25) is 0 Å². The number of carboxylic acids is 1. The average molecular weight is 294 g/mol. The molecule has 1 aliphatic heterocycles. The van der Waals surface area contributed by atoms with E-state index in [9.17, 15) is 9.90 Å². The van der Waals surface area contributed by atoms with Gasteiger partial charge in [-0.1, -0.05) is 60.7 Å². The van der Waals surface area contributed by atoms with E-state index in [0.29, 0.717) is 5.70 Å². The van der Waals surface area contributed by atoms with E-state index in [4.69, 9.17) is 0 Å². The molecule has 2 aromatic rings. The number of rotatable bonds is 4. The van der Waals surface area contributed by atoms with Crippen molar-refractivity contribution in [1.82, 2.24) is 10.6 Å². The summed E-state index contributed by atoms with van der Waals surface area (Å²) in [6.07, 6.45) is -0.184. The molecule has 0 spiro atoms. The molecule has 0 aromatic heterocycles. The quantitative estimate of drug-likeness (QED) is 0.811. The minimum Gasteiger partial charge on any atom is -0.477 e. The van der Waals surface area contributed by atoms with Crippen molar-refractivity contribution in [2.45, 2.75) is 19.0 Å². The molecule has 0 bridgehead atoms. The van der Waals surface area contributed by atoms with Crippen molar-refractivity contribution < 1.29 is 9.90 Å². The second kappa shape index (κ2) is 5.93. The monoisotopic (exact) mass is 294 g/mol. The van der Waals surface area contributed by atoms with Gasteiger partial charge < -0.3 is 15.7 Å².